The zero-order valence-electron chi connectivity index (χ0n) is 34.9. The molecule has 1 aliphatic carbocycles. The van der Waals surface area contributed by atoms with Crippen molar-refractivity contribution in [1.82, 2.24) is 9.13 Å². The van der Waals surface area contributed by atoms with Crippen molar-refractivity contribution >= 4 is 66.6 Å². The van der Waals surface area contributed by atoms with E-state index < -0.39 is 5.41 Å². The number of nitrogens with zero attached hydrogens (tertiary/aromatic N) is 2. The summed E-state index contributed by atoms with van der Waals surface area (Å²) < 4.78 is 5.42. The third-order valence-electron chi connectivity index (χ3n) is 14.4. The van der Waals surface area contributed by atoms with Gasteiger partial charge in [0.25, 0.3) is 6.71 Å². The van der Waals surface area contributed by atoms with Crippen LogP contribution in [0.25, 0.3) is 66.0 Å². The van der Waals surface area contributed by atoms with E-state index in [-0.39, 0.29) is 17.5 Å². The molecule has 58 heavy (non-hydrogen) atoms. The van der Waals surface area contributed by atoms with Gasteiger partial charge < -0.3 is 9.13 Å². The number of benzene rings is 7. The summed E-state index contributed by atoms with van der Waals surface area (Å²) in [4.78, 5) is 0. The maximum Gasteiger partial charge on any atom is 0.253 e. The second kappa shape index (κ2) is 10.4. The van der Waals surface area contributed by atoms with Gasteiger partial charge >= 0.3 is 0 Å². The van der Waals surface area contributed by atoms with E-state index in [0.29, 0.717) is 0 Å². The molecule has 0 radical (unpaired) electrons. The first-order valence-electron chi connectivity index (χ1n) is 21.4. The molecular formula is C55H47BN2. The lowest BCUT2D eigenvalue weighted by atomic mass is 9.33. The molecule has 7 aromatic carbocycles. The number of aryl methyl sites for hydroxylation is 1. The lowest BCUT2D eigenvalue weighted by Crippen LogP contribution is -2.61. The summed E-state index contributed by atoms with van der Waals surface area (Å²) in [6.45, 7) is 19.1. The lowest BCUT2D eigenvalue weighted by molar-refractivity contribution is 0.411. The van der Waals surface area contributed by atoms with Crippen molar-refractivity contribution in [1.29, 1.82) is 0 Å². The maximum absolute atomic E-state index is 2.77. The van der Waals surface area contributed by atoms with E-state index in [1.807, 2.05) is 0 Å². The van der Waals surface area contributed by atoms with E-state index in [9.17, 15) is 0 Å². The standard InChI is InChI=1S/C55H47BN2/c1-30-31(2)57-46-22-21-43-52-48(46)56(47-35-16-10-9-15-34(35)27-38(30)51(47)57)45-26-33(29-54(6,7)8)24-40-39-23-32(28-53(3,4)5)25-44(49(39)58(52)50(40)45)55(43)41-19-13-11-17-36(41)37-18-12-14-20-42(37)55/h9-27H,28-29H2,1-8H3. The van der Waals surface area contributed by atoms with Crippen molar-refractivity contribution in [2.24, 2.45) is 10.8 Å². The molecule has 0 fully saturated rings. The summed E-state index contributed by atoms with van der Waals surface area (Å²) in [6, 6.07) is 45.8. The van der Waals surface area contributed by atoms with Crippen LogP contribution < -0.4 is 16.4 Å². The summed E-state index contributed by atoms with van der Waals surface area (Å²) in [5.74, 6) is 0. The van der Waals surface area contributed by atoms with E-state index in [0.717, 1.165) is 12.8 Å². The number of hydrogen-bond donors (Lipinski definition) is 0. The molecule has 5 heterocycles. The normalized spacial score (nSPS) is 15.1. The molecule has 2 aromatic heterocycles. The van der Waals surface area contributed by atoms with Crippen LogP contribution in [0, 0.1) is 24.7 Å². The average molecular weight is 747 g/mol. The molecule has 0 bridgehead atoms. The molecule has 2 nitrogen and oxygen atoms in total. The van der Waals surface area contributed by atoms with Gasteiger partial charge in [0.15, 0.2) is 0 Å². The minimum atomic E-state index is -0.472. The van der Waals surface area contributed by atoms with Crippen LogP contribution in [-0.4, -0.2) is 15.8 Å². The summed E-state index contributed by atoms with van der Waals surface area (Å²) >= 11 is 0. The smallest absolute Gasteiger partial charge is 0.253 e. The van der Waals surface area contributed by atoms with Crippen LogP contribution in [-0.2, 0) is 18.3 Å². The second-order valence-corrected chi connectivity index (χ2v) is 20.6. The van der Waals surface area contributed by atoms with Crippen molar-refractivity contribution in [2.45, 2.75) is 73.6 Å². The Balaban J connectivity index is 1.32. The molecule has 0 atom stereocenters. The van der Waals surface area contributed by atoms with Gasteiger partial charge in [0.1, 0.15) is 0 Å². The molecular weight excluding hydrogens is 699 g/mol. The first-order chi connectivity index (χ1) is 27.8. The average Bonchev–Trinajstić information content (AvgIpc) is 3.76. The third-order valence-corrected chi connectivity index (χ3v) is 14.4. The van der Waals surface area contributed by atoms with Crippen LogP contribution in [0.1, 0.15) is 86.2 Å². The Morgan fingerprint density at radius 2 is 1.14 bits per heavy atom. The monoisotopic (exact) mass is 746 g/mol. The summed E-state index contributed by atoms with van der Waals surface area (Å²) in [7, 11) is 0. The van der Waals surface area contributed by atoms with Gasteiger partial charge in [-0.1, -0.05) is 133 Å². The van der Waals surface area contributed by atoms with Gasteiger partial charge in [-0.05, 0) is 139 Å². The highest BCUT2D eigenvalue weighted by Crippen LogP contribution is 2.62. The van der Waals surface area contributed by atoms with Crippen molar-refractivity contribution < 1.29 is 0 Å². The molecule has 0 saturated carbocycles. The zero-order valence-corrected chi connectivity index (χ0v) is 34.9. The van der Waals surface area contributed by atoms with Gasteiger partial charge in [0, 0.05) is 44.3 Å². The molecule has 0 amide bonds. The molecule has 3 heteroatoms. The van der Waals surface area contributed by atoms with Crippen molar-refractivity contribution in [3.63, 3.8) is 0 Å². The van der Waals surface area contributed by atoms with Crippen molar-refractivity contribution in [3.8, 4) is 22.5 Å². The number of rotatable bonds is 2. The van der Waals surface area contributed by atoms with E-state index in [4.69, 9.17) is 0 Å². The van der Waals surface area contributed by atoms with Gasteiger partial charge in [-0.15, -0.1) is 0 Å². The fraction of sp³-hybridized carbons (Fsp3) is 0.236. The van der Waals surface area contributed by atoms with E-state index >= 15 is 0 Å². The van der Waals surface area contributed by atoms with Crippen LogP contribution in [0.5, 0.6) is 0 Å². The Morgan fingerprint density at radius 1 is 0.517 bits per heavy atom. The highest BCUT2D eigenvalue weighted by Gasteiger charge is 2.54. The number of fused-ring (bicyclic) bond motifs is 13. The lowest BCUT2D eigenvalue weighted by Gasteiger charge is -2.44. The summed E-state index contributed by atoms with van der Waals surface area (Å²) in [5.41, 5.74) is 25.1. The molecule has 1 spiro atoms. The highest BCUT2D eigenvalue weighted by molar-refractivity contribution is 7.01. The van der Waals surface area contributed by atoms with Crippen LogP contribution >= 0.6 is 0 Å². The quantitative estimate of drug-likeness (QED) is 0.156. The molecule has 0 saturated heterocycles. The Kier molecular flexibility index (Phi) is 5.97. The zero-order chi connectivity index (χ0) is 39.4. The highest BCUT2D eigenvalue weighted by atomic mass is 15.1. The molecule has 13 rings (SSSR count). The van der Waals surface area contributed by atoms with Gasteiger partial charge in [-0.2, -0.15) is 0 Å². The topological polar surface area (TPSA) is 9.86 Å². The van der Waals surface area contributed by atoms with Gasteiger partial charge in [-0.25, -0.2) is 0 Å². The first kappa shape index (κ1) is 33.2. The fourth-order valence-corrected chi connectivity index (χ4v) is 12.6. The van der Waals surface area contributed by atoms with Gasteiger partial charge in [0.2, 0.25) is 0 Å². The van der Waals surface area contributed by atoms with Crippen LogP contribution in [0.3, 0.4) is 0 Å². The second-order valence-electron chi connectivity index (χ2n) is 20.6. The van der Waals surface area contributed by atoms with Gasteiger partial charge in [-0.3, -0.25) is 0 Å². The van der Waals surface area contributed by atoms with E-state index in [2.05, 4.69) is 180 Å². The maximum atomic E-state index is 2.77. The largest absolute Gasteiger partial charge is 0.315 e. The summed E-state index contributed by atoms with van der Waals surface area (Å²) in [6.07, 6.45) is 2.03. The number of hydrogen-bond acceptors (Lipinski definition) is 0. The minimum absolute atomic E-state index is 0.0820. The molecule has 4 aliphatic rings. The Morgan fingerprint density at radius 3 is 1.83 bits per heavy atom. The molecule has 3 aliphatic heterocycles. The van der Waals surface area contributed by atoms with Crippen LogP contribution in [0.2, 0.25) is 0 Å². The Hall–Kier alpha value is -5.80. The molecule has 0 N–H and O–H groups in total. The molecule has 9 aromatic rings. The minimum Gasteiger partial charge on any atom is -0.315 e. The van der Waals surface area contributed by atoms with Crippen molar-refractivity contribution in [3.05, 3.63) is 160 Å². The predicted octanol–water partition coefficient (Wildman–Crippen LogP) is 11.5. The number of aromatic nitrogens is 2. The van der Waals surface area contributed by atoms with Crippen LogP contribution in [0.4, 0.5) is 0 Å². The Bertz CT molecular complexity index is 3340. The van der Waals surface area contributed by atoms with E-state index in [1.165, 1.54) is 127 Å². The molecule has 0 unspecified atom stereocenters. The van der Waals surface area contributed by atoms with E-state index in [1.54, 1.807) is 0 Å². The summed E-state index contributed by atoms with van der Waals surface area (Å²) in [5, 5.41) is 6.90. The van der Waals surface area contributed by atoms with Gasteiger partial charge in [0.05, 0.1) is 10.9 Å². The predicted molar refractivity (Wildman–Crippen MR) is 246 cm³/mol. The Labute approximate surface area is 341 Å². The fourth-order valence-electron chi connectivity index (χ4n) is 12.6. The van der Waals surface area contributed by atoms with Crippen molar-refractivity contribution in [2.75, 3.05) is 0 Å². The van der Waals surface area contributed by atoms with Crippen LogP contribution in [0.15, 0.2) is 115 Å². The molecule has 280 valence electrons. The third kappa shape index (κ3) is 3.83. The first-order valence-corrected chi connectivity index (χ1v) is 21.4. The SMILES string of the molecule is Cc1c(C)n2c3c(c4ccccc4cc13)B1c3c-2ccc2c3-n3c4c1cc(CC(C)(C)C)cc4c1cc(CC(C)(C)C)cc(c13)C21c2ccccc2-c2ccccc21.